The summed E-state index contributed by atoms with van der Waals surface area (Å²) in [6, 6.07) is 8.77. The molecule has 0 heterocycles. The van der Waals surface area contributed by atoms with E-state index >= 15 is 0 Å². The number of rotatable bonds is 8. The second kappa shape index (κ2) is 10.6. The molecule has 0 aromatic heterocycles. The first-order valence-corrected chi connectivity index (χ1v) is 9.94. The van der Waals surface area contributed by atoms with Gasteiger partial charge >= 0.3 is 0 Å². The highest BCUT2D eigenvalue weighted by Crippen LogP contribution is 2.37. The predicted octanol–water partition coefficient (Wildman–Crippen LogP) is 5.35. The van der Waals surface area contributed by atoms with E-state index < -0.39 is 10.8 Å². The lowest BCUT2D eigenvalue weighted by Gasteiger charge is -2.13. The zero-order chi connectivity index (χ0) is 22.3. The van der Waals surface area contributed by atoms with Crippen LogP contribution in [0.1, 0.15) is 19.4 Å². The Morgan fingerprint density at radius 1 is 1.30 bits per heavy atom. The summed E-state index contributed by atoms with van der Waals surface area (Å²) in [4.78, 5) is 22.9. The molecule has 2 aromatic carbocycles. The Morgan fingerprint density at radius 2 is 2.00 bits per heavy atom. The molecule has 30 heavy (non-hydrogen) atoms. The number of hydrogen-bond acceptors (Lipinski definition) is 6. The number of nitro benzene ring substituents is 1. The van der Waals surface area contributed by atoms with E-state index in [0.29, 0.717) is 34.7 Å². The summed E-state index contributed by atoms with van der Waals surface area (Å²) < 4.78 is 11.8. The second-order valence-electron chi connectivity index (χ2n) is 5.74. The molecule has 0 aliphatic heterocycles. The molecule has 0 aliphatic rings. The number of nitrogens with one attached hydrogen (secondary N) is 1. The fourth-order valence-corrected chi connectivity index (χ4v) is 3.19. The van der Waals surface area contributed by atoms with E-state index in [2.05, 4.69) is 21.2 Å². The summed E-state index contributed by atoms with van der Waals surface area (Å²) in [5.74, 6) is 0.213. The van der Waals surface area contributed by atoms with Crippen molar-refractivity contribution in [3.63, 3.8) is 0 Å². The average Bonchev–Trinajstić information content (AvgIpc) is 2.70. The molecule has 0 saturated carbocycles. The van der Waals surface area contributed by atoms with Crippen molar-refractivity contribution in [3.8, 4) is 17.6 Å². The molecule has 8 nitrogen and oxygen atoms in total. The van der Waals surface area contributed by atoms with Crippen LogP contribution in [0, 0.1) is 21.4 Å². The second-order valence-corrected chi connectivity index (χ2v) is 7.00. The number of nitro groups is 1. The molecule has 2 aromatic rings. The van der Waals surface area contributed by atoms with E-state index in [9.17, 15) is 20.2 Å². The van der Waals surface area contributed by atoms with Crippen molar-refractivity contribution in [2.75, 3.05) is 18.5 Å². The molecule has 0 saturated heterocycles. The van der Waals surface area contributed by atoms with Crippen LogP contribution in [0.4, 0.5) is 11.4 Å². The molecule has 156 valence electrons. The van der Waals surface area contributed by atoms with Crippen molar-refractivity contribution in [1.29, 1.82) is 5.26 Å². The summed E-state index contributed by atoms with van der Waals surface area (Å²) >= 11 is 9.40. The van der Waals surface area contributed by atoms with E-state index in [1.165, 1.54) is 18.2 Å². The van der Waals surface area contributed by atoms with Gasteiger partial charge in [-0.3, -0.25) is 14.9 Å². The maximum absolute atomic E-state index is 12.5. The largest absolute Gasteiger partial charge is 0.490 e. The van der Waals surface area contributed by atoms with Gasteiger partial charge in [0.15, 0.2) is 11.5 Å². The number of benzene rings is 2. The van der Waals surface area contributed by atoms with Gasteiger partial charge in [0.1, 0.15) is 11.6 Å². The minimum absolute atomic E-state index is 0.0277. The van der Waals surface area contributed by atoms with Crippen LogP contribution in [0.2, 0.25) is 5.02 Å². The van der Waals surface area contributed by atoms with E-state index in [-0.39, 0.29) is 22.0 Å². The molecule has 0 unspecified atom stereocenters. The van der Waals surface area contributed by atoms with Gasteiger partial charge in [0, 0.05) is 12.1 Å². The number of ether oxygens (including phenoxy) is 2. The lowest BCUT2D eigenvalue weighted by molar-refractivity contribution is -0.384. The van der Waals surface area contributed by atoms with Crippen molar-refractivity contribution < 1.29 is 19.2 Å². The number of hydrogen-bond donors (Lipinski definition) is 1. The first kappa shape index (κ1) is 23.2. The quantitative estimate of drug-likeness (QED) is 0.229. The lowest BCUT2D eigenvalue weighted by Crippen LogP contribution is -2.14. The zero-order valence-corrected chi connectivity index (χ0v) is 18.4. The molecule has 0 radical (unpaired) electrons. The zero-order valence-electron chi connectivity index (χ0n) is 16.1. The maximum atomic E-state index is 12.5. The van der Waals surface area contributed by atoms with Gasteiger partial charge in [0.2, 0.25) is 0 Å². The van der Waals surface area contributed by atoms with Crippen LogP contribution < -0.4 is 14.8 Å². The third-order valence-electron chi connectivity index (χ3n) is 3.71. The van der Waals surface area contributed by atoms with Gasteiger partial charge < -0.3 is 14.8 Å². The van der Waals surface area contributed by atoms with E-state index in [1.54, 1.807) is 12.1 Å². The van der Waals surface area contributed by atoms with Crippen molar-refractivity contribution in [3.05, 3.63) is 61.1 Å². The number of amides is 1. The van der Waals surface area contributed by atoms with Gasteiger partial charge in [-0.05, 0) is 59.6 Å². The fourth-order valence-electron chi connectivity index (χ4n) is 2.45. The van der Waals surface area contributed by atoms with Crippen molar-refractivity contribution in [2.24, 2.45) is 0 Å². The van der Waals surface area contributed by atoms with Crippen LogP contribution >= 0.6 is 27.5 Å². The highest BCUT2D eigenvalue weighted by molar-refractivity contribution is 9.10. The average molecular weight is 495 g/mol. The van der Waals surface area contributed by atoms with Gasteiger partial charge in [-0.2, -0.15) is 5.26 Å². The highest BCUT2D eigenvalue weighted by atomic mass is 79.9. The Hall–Kier alpha value is -3.09. The molecule has 0 fully saturated rings. The van der Waals surface area contributed by atoms with Crippen LogP contribution in [0.25, 0.3) is 6.08 Å². The maximum Gasteiger partial charge on any atom is 0.271 e. The molecule has 10 heteroatoms. The smallest absolute Gasteiger partial charge is 0.271 e. The van der Waals surface area contributed by atoms with Gasteiger partial charge in [-0.25, -0.2) is 0 Å². The number of carbonyl (C=O) groups excluding carboxylic acids is 1. The third kappa shape index (κ3) is 5.72. The summed E-state index contributed by atoms with van der Waals surface area (Å²) in [5.41, 5.74) is 0.0792. The summed E-state index contributed by atoms with van der Waals surface area (Å²) in [7, 11) is 0. The summed E-state index contributed by atoms with van der Waals surface area (Å²) in [5, 5.41) is 22.9. The first-order valence-electron chi connectivity index (χ1n) is 8.76. The topological polar surface area (TPSA) is 114 Å². The lowest BCUT2D eigenvalue weighted by atomic mass is 10.1. The third-order valence-corrected chi connectivity index (χ3v) is 4.62. The molecule has 1 amide bonds. The van der Waals surface area contributed by atoms with Gasteiger partial charge in [0.25, 0.3) is 11.6 Å². The molecule has 2 rings (SSSR count). The monoisotopic (exact) mass is 493 g/mol. The number of non-ortho nitro benzene ring substituents is 1. The Balaban J connectivity index is 2.38. The molecule has 0 atom stereocenters. The summed E-state index contributed by atoms with van der Waals surface area (Å²) in [6.07, 6.45) is 1.36. The molecule has 0 spiro atoms. The SMILES string of the molecule is CCOc1cc(/C=C(\C#N)C(=O)Nc2cc([N+](=O)[O-])ccc2Cl)cc(Br)c1OCC. The Labute approximate surface area is 186 Å². The first-order chi connectivity index (χ1) is 14.3. The minimum atomic E-state index is -0.761. The molecule has 1 N–H and O–H groups in total. The van der Waals surface area contributed by atoms with Crippen molar-refractivity contribution in [2.45, 2.75) is 13.8 Å². The standard InChI is InChI=1S/C20H17BrClN3O5/c1-3-29-18-9-12(8-15(21)19(18)30-4-2)7-13(11-23)20(26)24-17-10-14(25(27)28)5-6-16(17)22/h5-10H,3-4H2,1-2H3,(H,24,26)/b13-7+. The predicted molar refractivity (Wildman–Crippen MR) is 117 cm³/mol. The number of anilines is 1. The molecule has 0 bridgehead atoms. The Bertz CT molecular complexity index is 1050. The number of halogens is 2. The highest BCUT2D eigenvalue weighted by Gasteiger charge is 2.16. The van der Waals surface area contributed by atoms with E-state index in [1.807, 2.05) is 19.9 Å². The van der Waals surface area contributed by atoms with Crippen molar-refractivity contribution >= 4 is 50.9 Å². The number of nitriles is 1. The molecular formula is C20H17BrClN3O5. The van der Waals surface area contributed by atoms with Crippen LogP contribution in [0.3, 0.4) is 0 Å². The van der Waals surface area contributed by atoms with E-state index in [4.69, 9.17) is 21.1 Å². The fraction of sp³-hybridized carbons (Fsp3) is 0.200. The summed E-state index contributed by atoms with van der Waals surface area (Å²) in [6.45, 7) is 4.50. The van der Waals surface area contributed by atoms with Gasteiger partial charge in [0.05, 0.1) is 33.3 Å². The van der Waals surface area contributed by atoms with E-state index in [0.717, 1.165) is 6.07 Å². The molecule has 0 aliphatic carbocycles. The van der Waals surface area contributed by atoms with Crippen LogP contribution in [0.15, 0.2) is 40.4 Å². The number of carbonyl (C=O) groups is 1. The van der Waals surface area contributed by atoms with Gasteiger partial charge in [-0.15, -0.1) is 0 Å². The van der Waals surface area contributed by atoms with Crippen LogP contribution in [0.5, 0.6) is 11.5 Å². The normalized spacial score (nSPS) is 10.8. The Morgan fingerprint density at radius 3 is 2.60 bits per heavy atom. The minimum Gasteiger partial charge on any atom is -0.490 e. The number of nitrogens with zero attached hydrogens (tertiary/aromatic N) is 2. The van der Waals surface area contributed by atoms with Crippen LogP contribution in [-0.2, 0) is 4.79 Å². The van der Waals surface area contributed by atoms with Crippen LogP contribution in [-0.4, -0.2) is 24.0 Å². The molecular weight excluding hydrogens is 478 g/mol. The van der Waals surface area contributed by atoms with Gasteiger partial charge in [-0.1, -0.05) is 11.6 Å². The Kier molecular flexibility index (Phi) is 8.21. The van der Waals surface area contributed by atoms with Crippen molar-refractivity contribution in [1.82, 2.24) is 0 Å².